The molecule has 92 valence electrons. The molecule has 1 aliphatic rings. The van der Waals surface area contributed by atoms with Gasteiger partial charge in [-0.25, -0.2) is 0 Å². The molecule has 0 fully saturated rings. The lowest BCUT2D eigenvalue weighted by molar-refractivity contribution is 0.705. The van der Waals surface area contributed by atoms with Crippen LogP contribution >= 0.6 is 0 Å². The van der Waals surface area contributed by atoms with Crippen molar-refractivity contribution in [2.45, 2.75) is 18.8 Å². The normalized spacial score (nSPS) is 14.7. The summed E-state index contributed by atoms with van der Waals surface area (Å²) in [4.78, 5) is 0. The third-order valence-corrected chi connectivity index (χ3v) is 3.93. The molecule has 0 amide bonds. The summed E-state index contributed by atoms with van der Waals surface area (Å²) < 4.78 is 0. The molecule has 0 bridgehead atoms. The van der Waals surface area contributed by atoms with Gasteiger partial charge < -0.3 is 5.32 Å². The standard InChI is InChI=1S/C17H19N/c1-18-12-17-15-8-4-2-6-13(15)10-11-14-7-3-5-9-16(14)17/h2-9,17-18H,10-12H2,1H3. The van der Waals surface area contributed by atoms with E-state index < -0.39 is 0 Å². The van der Waals surface area contributed by atoms with Crippen LogP contribution in [0.15, 0.2) is 48.5 Å². The highest BCUT2D eigenvalue weighted by Gasteiger charge is 2.22. The van der Waals surface area contributed by atoms with E-state index in [-0.39, 0.29) is 0 Å². The predicted octanol–water partition coefficient (Wildman–Crippen LogP) is 3.14. The number of rotatable bonds is 2. The summed E-state index contributed by atoms with van der Waals surface area (Å²) in [6, 6.07) is 17.8. The molecule has 0 aliphatic heterocycles. The largest absolute Gasteiger partial charge is 0.319 e. The van der Waals surface area contributed by atoms with Crippen molar-refractivity contribution >= 4 is 0 Å². The SMILES string of the molecule is CNCC1c2ccccc2CCc2ccccc21. The number of aryl methyl sites for hydroxylation is 2. The fourth-order valence-electron chi connectivity index (χ4n) is 3.06. The first-order valence-electron chi connectivity index (χ1n) is 6.70. The van der Waals surface area contributed by atoms with E-state index in [9.17, 15) is 0 Å². The van der Waals surface area contributed by atoms with E-state index in [0.717, 1.165) is 19.4 Å². The zero-order chi connectivity index (χ0) is 12.4. The summed E-state index contributed by atoms with van der Waals surface area (Å²) in [5.74, 6) is 0.491. The van der Waals surface area contributed by atoms with Gasteiger partial charge in [0.25, 0.3) is 0 Å². The molecule has 0 heterocycles. The van der Waals surface area contributed by atoms with E-state index in [2.05, 4.69) is 53.8 Å². The first-order valence-corrected chi connectivity index (χ1v) is 6.70. The van der Waals surface area contributed by atoms with E-state index in [1.807, 2.05) is 7.05 Å². The van der Waals surface area contributed by atoms with Crippen molar-refractivity contribution in [2.75, 3.05) is 13.6 Å². The van der Waals surface area contributed by atoms with Gasteiger partial charge in [-0.3, -0.25) is 0 Å². The Kier molecular flexibility index (Phi) is 3.16. The van der Waals surface area contributed by atoms with Gasteiger partial charge in [-0.1, -0.05) is 48.5 Å². The number of hydrogen-bond acceptors (Lipinski definition) is 1. The van der Waals surface area contributed by atoms with Crippen molar-refractivity contribution in [3.8, 4) is 0 Å². The minimum absolute atomic E-state index is 0.491. The van der Waals surface area contributed by atoms with Gasteiger partial charge in [-0.05, 0) is 42.1 Å². The molecule has 0 saturated carbocycles. The van der Waals surface area contributed by atoms with Crippen molar-refractivity contribution in [1.82, 2.24) is 5.32 Å². The molecule has 1 heteroatoms. The Balaban J connectivity index is 2.15. The maximum absolute atomic E-state index is 3.35. The molecule has 0 radical (unpaired) electrons. The van der Waals surface area contributed by atoms with Gasteiger partial charge in [0.15, 0.2) is 0 Å². The van der Waals surface area contributed by atoms with Crippen molar-refractivity contribution in [1.29, 1.82) is 0 Å². The topological polar surface area (TPSA) is 12.0 Å². The molecule has 0 aromatic heterocycles. The summed E-state index contributed by atoms with van der Waals surface area (Å²) in [5.41, 5.74) is 6.01. The molecule has 1 N–H and O–H groups in total. The second-order valence-electron chi connectivity index (χ2n) is 5.01. The van der Waals surface area contributed by atoms with Gasteiger partial charge in [-0.15, -0.1) is 0 Å². The fraction of sp³-hybridized carbons (Fsp3) is 0.294. The maximum atomic E-state index is 3.35. The summed E-state index contributed by atoms with van der Waals surface area (Å²) in [6.07, 6.45) is 2.32. The van der Waals surface area contributed by atoms with Gasteiger partial charge in [0.2, 0.25) is 0 Å². The van der Waals surface area contributed by atoms with Crippen molar-refractivity contribution < 1.29 is 0 Å². The van der Waals surface area contributed by atoms with Gasteiger partial charge in [-0.2, -0.15) is 0 Å². The minimum atomic E-state index is 0.491. The molecular formula is C17H19N. The lowest BCUT2D eigenvalue weighted by atomic mass is 9.88. The molecule has 18 heavy (non-hydrogen) atoms. The Morgan fingerprint density at radius 3 is 1.89 bits per heavy atom. The summed E-state index contributed by atoms with van der Waals surface area (Å²) in [7, 11) is 2.04. The second kappa shape index (κ2) is 4.95. The fourth-order valence-corrected chi connectivity index (χ4v) is 3.06. The average Bonchev–Trinajstić information content (AvgIpc) is 2.58. The van der Waals surface area contributed by atoms with E-state index >= 15 is 0 Å². The van der Waals surface area contributed by atoms with Gasteiger partial charge in [0.1, 0.15) is 0 Å². The maximum Gasteiger partial charge on any atom is 0.0220 e. The van der Waals surface area contributed by atoms with Crippen LogP contribution < -0.4 is 5.32 Å². The molecular weight excluding hydrogens is 218 g/mol. The zero-order valence-electron chi connectivity index (χ0n) is 10.8. The molecule has 1 nitrogen and oxygen atoms in total. The molecule has 3 rings (SSSR count). The Hall–Kier alpha value is -1.60. The number of benzene rings is 2. The molecule has 0 unspecified atom stereocenters. The monoisotopic (exact) mass is 237 g/mol. The third kappa shape index (κ3) is 1.95. The number of hydrogen-bond donors (Lipinski definition) is 1. The van der Waals surface area contributed by atoms with Crippen LogP contribution in [0, 0.1) is 0 Å². The van der Waals surface area contributed by atoms with Crippen LogP contribution in [0.2, 0.25) is 0 Å². The molecule has 0 spiro atoms. The third-order valence-electron chi connectivity index (χ3n) is 3.93. The summed E-state index contributed by atoms with van der Waals surface area (Å²) in [5, 5.41) is 3.35. The van der Waals surface area contributed by atoms with Crippen LogP contribution in [-0.2, 0) is 12.8 Å². The lowest BCUT2D eigenvalue weighted by Crippen LogP contribution is -2.19. The van der Waals surface area contributed by atoms with Gasteiger partial charge >= 0.3 is 0 Å². The predicted molar refractivity (Wildman–Crippen MR) is 76.1 cm³/mol. The summed E-state index contributed by atoms with van der Waals surface area (Å²) in [6.45, 7) is 1.01. The minimum Gasteiger partial charge on any atom is -0.319 e. The zero-order valence-corrected chi connectivity index (χ0v) is 10.8. The Bertz CT molecular complexity index is 497. The molecule has 1 aliphatic carbocycles. The smallest absolute Gasteiger partial charge is 0.0220 e. The van der Waals surface area contributed by atoms with Crippen LogP contribution in [0.25, 0.3) is 0 Å². The highest BCUT2D eigenvalue weighted by Crippen LogP contribution is 2.33. The molecule has 2 aromatic carbocycles. The molecule has 0 saturated heterocycles. The van der Waals surface area contributed by atoms with E-state index in [4.69, 9.17) is 0 Å². The van der Waals surface area contributed by atoms with Crippen LogP contribution in [0.4, 0.5) is 0 Å². The van der Waals surface area contributed by atoms with Crippen molar-refractivity contribution in [2.24, 2.45) is 0 Å². The summed E-state index contributed by atoms with van der Waals surface area (Å²) >= 11 is 0. The number of fused-ring (bicyclic) bond motifs is 2. The number of likely N-dealkylation sites (N-methyl/N-ethyl adjacent to an activating group) is 1. The van der Waals surface area contributed by atoms with Crippen LogP contribution in [-0.4, -0.2) is 13.6 Å². The van der Waals surface area contributed by atoms with Crippen LogP contribution in [0.3, 0.4) is 0 Å². The Morgan fingerprint density at radius 2 is 1.39 bits per heavy atom. The van der Waals surface area contributed by atoms with Crippen molar-refractivity contribution in [3.63, 3.8) is 0 Å². The first-order chi connectivity index (χ1) is 8.90. The quantitative estimate of drug-likeness (QED) is 0.846. The molecule has 0 atom stereocenters. The lowest BCUT2D eigenvalue weighted by Gasteiger charge is -2.19. The number of nitrogens with one attached hydrogen (secondary N) is 1. The first kappa shape index (κ1) is 11.5. The van der Waals surface area contributed by atoms with E-state index in [1.54, 1.807) is 0 Å². The second-order valence-corrected chi connectivity index (χ2v) is 5.01. The Labute approximate surface area is 109 Å². The highest BCUT2D eigenvalue weighted by atomic mass is 14.8. The van der Waals surface area contributed by atoms with Crippen LogP contribution in [0.5, 0.6) is 0 Å². The van der Waals surface area contributed by atoms with E-state index in [1.165, 1.54) is 22.3 Å². The van der Waals surface area contributed by atoms with E-state index in [0.29, 0.717) is 5.92 Å². The van der Waals surface area contributed by atoms with Gasteiger partial charge in [0.05, 0.1) is 0 Å². The van der Waals surface area contributed by atoms with Crippen LogP contribution in [0.1, 0.15) is 28.2 Å². The van der Waals surface area contributed by atoms with Crippen molar-refractivity contribution in [3.05, 3.63) is 70.8 Å². The highest BCUT2D eigenvalue weighted by molar-refractivity contribution is 5.45. The average molecular weight is 237 g/mol. The Morgan fingerprint density at radius 1 is 0.889 bits per heavy atom. The molecule has 2 aromatic rings. The van der Waals surface area contributed by atoms with Gasteiger partial charge in [0, 0.05) is 12.5 Å².